The quantitative estimate of drug-likeness (QED) is 0.822. The second-order valence-corrected chi connectivity index (χ2v) is 5.44. The van der Waals surface area contributed by atoms with Crippen LogP contribution in [0, 0.1) is 0 Å². The summed E-state index contributed by atoms with van der Waals surface area (Å²) in [6.07, 6.45) is 0. The van der Waals surface area contributed by atoms with E-state index in [1.807, 2.05) is 30.3 Å². The van der Waals surface area contributed by atoms with E-state index in [2.05, 4.69) is 20.8 Å². The summed E-state index contributed by atoms with van der Waals surface area (Å²) in [5, 5.41) is 9.79. The van der Waals surface area contributed by atoms with Gasteiger partial charge >= 0.3 is 0 Å². The van der Waals surface area contributed by atoms with E-state index in [1.54, 1.807) is 11.8 Å². The van der Waals surface area contributed by atoms with E-state index < -0.39 is 0 Å². The molecule has 1 aliphatic heterocycles. The summed E-state index contributed by atoms with van der Waals surface area (Å²) in [6, 6.07) is 9.97. The zero-order chi connectivity index (χ0) is 13.8. The molecule has 1 saturated heterocycles. The topological polar surface area (TPSA) is 80.1 Å². The van der Waals surface area contributed by atoms with Gasteiger partial charge in [0, 0.05) is 11.4 Å². The molecule has 1 aromatic carbocycles. The fraction of sp³-hybridized carbons (Fsp3) is 0.308. The normalized spacial score (nSPS) is 18.8. The van der Waals surface area contributed by atoms with Gasteiger partial charge in [0.15, 0.2) is 5.82 Å². The smallest absolute Gasteiger partial charge is 0.245 e. The van der Waals surface area contributed by atoms with Gasteiger partial charge in [-0.3, -0.25) is 10.1 Å². The Morgan fingerprint density at radius 3 is 2.95 bits per heavy atom. The monoisotopic (exact) mass is 290 g/mol. The van der Waals surface area contributed by atoms with Crippen molar-refractivity contribution in [1.82, 2.24) is 20.8 Å². The predicted molar refractivity (Wildman–Crippen MR) is 74.1 cm³/mol. The van der Waals surface area contributed by atoms with Crippen molar-refractivity contribution in [2.45, 2.75) is 16.7 Å². The van der Waals surface area contributed by atoms with Crippen LogP contribution in [-0.4, -0.2) is 29.1 Å². The van der Waals surface area contributed by atoms with Crippen LogP contribution in [0.25, 0.3) is 0 Å². The van der Waals surface area contributed by atoms with Gasteiger partial charge in [0.25, 0.3) is 0 Å². The minimum atomic E-state index is -0.101. The summed E-state index contributed by atoms with van der Waals surface area (Å²) in [7, 11) is 0. The second kappa shape index (κ2) is 6.06. The van der Waals surface area contributed by atoms with E-state index >= 15 is 0 Å². The van der Waals surface area contributed by atoms with Gasteiger partial charge in [0.2, 0.25) is 11.8 Å². The highest BCUT2D eigenvalue weighted by Crippen LogP contribution is 2.21. The number of hydrogen-bond acceptors (Lipinski definition) is 6. The van der Waals surface area contributed by atoms with Crippen molar-refractivity contribution in [1.29, 1.82) is 0 Å². The third kappa shape index (κ3) is 3.17. The number of nitrogens with zero attached hydrogens (tertiary/aromatic N) is 2. The number of thioether (sulfide) groups is 1. The summed E-state index contributed by atoms with van der Waals surface area (Å²) in [4.78, 5) is 16.6. The van der Waals surface area contributed by atoms with E-state index in [-0.39, 0.29) is 18.5 Å². The average molecular weight is 290 g/mol. The Kier molecular flexibility index (Phi) is 3.98. The van der Waals surface area contributed by atoms with Gasteiger partial charge in [0.1, 0.15) is 6.04 Å². The SMILES string of the molecule is O=C1CNC(c2nc(CSc3ccccc3)no2)CN1. The van der Waals surface area contributed by atoms with Crippen LogP contribution in [0.5, 0.6) is 0 Å². The summed E-state index contributed by atoms with van der Waals surface area (Å²) < 4.78 is 5.24. The molecule has 0 radical (unpaired) electrons. The predicted octanol–water partition coefficient (Wildman–Crippen LogP) is 1.12. The van der Waals surface area contributed by atoms with Crippen molar-refractivity contribution < 1.29 is 9.32 Å². The highest BCUT2D eigenvalue weighted by Gasteiger charge is 2.23. The molecule has 1 fully saturated rings. The summed E-state index contributed by atoms with van der Waals surface area (Å²) in [5.41, 5.74) is 0. The maximum absolute atomic E-state index is 11.1. The summed E-state index contributed by atoms with van der Waals surface area (Å²) in [6.45, 7) is 0.757. The van der Waals surface area contributed by atoms with Gasteiger partial charge in [-0.15, -0.1) is 11.8 Å². The Morgan fingerprint density at radius 1 is 1.35 bits per heavy atom. The lowest BCUT2D eigenvalue weighted by Crippen LogP contribution is -2.47. The van der Waals surface area contributed by atoms with Crippen LogP contribution in [0.1, 0.15) is 17.8 Å². The standard InChI is InChI=1S/C13H14N4O2S/c18-12-7-14-10(6-15-12)13-16-11(17-19-13)8-20-9-4-2-1-3-5-9/h1-5,10,14H,6-8H2,(H,15,18). The molecule has 2 heterocycles. The molecule has 104 valence electrons. The van der Waals surface area contributed by atoms with Crippen molar-refractivity contribution in [3.63, 3.8) is 0 Å². The Bertz CT molecular complexity index is 577. The molecule has 2 aromatic rings. The van der Waals surface area contributed by atoms with Gasteiger partial charge in [0.05, 0.1) is 12.3 Å². The van der Waals surface area contributed by atoms with E-state index in [9.17, 15) is 4.79 Å². The van der Waals surface area contributed by atoms with Gasteiger partial charge in [-0.25, -0.2) is 0 Å². The third-order valence-electron chi connectivity index (χ3n) is 2.91. The Labute approximate surface area is 120 Å². The maximum atomic E-state index is 11.1. The first kappa shape index (κ1) is 13.1. The molecule has 1 unspecified atom stereocenters. The fourth-order valence-corrected chi connectivity index (χ4v) is 2.64. The zero-order valence-corrected chi connectivity index (χ0v) is 11.5. The largest absolute Gasteiger partial charge is 0.353 e. The van der Waals surface area contributed by atoms with Crippen molar-refractivity contribution in [2.75, 3.05) is 13.1 Å². The van der Waals surface area contributed by atoms with Crippen LogP contribution >= 0.6 is 11.8 Å². The molecule has 3 rings (SSSR count). The molecular formula is C13H14N4O2S. The lowest BCUT2D eigenvalue weighted by atomic mass is 10.2. The number of piperazine rings is 1. The van der Waals surface area contributed by atoms with E-state index in [0.717, 1.165) is 0 Å². The number of amides is 1. The molecule has 2 N–H and O–H groups in total. The van der Waals surface area contributed by atoms with E-state index in [4.69, 9.17) is 4.52 Å². The van der Waals surface area contributed by atoms with Crippen molar-refractivity contribution >= 4 is 17.7 Å². The molecule has 1 aromatic heterocycles. The third-order valence-corrected chi connectivity index (χ3v) is 3.91. The number of hydrogen-bond donors (Lipinski definition) is 2. The van der Waals surface area contributed by atoms with Crippen molar-refractivity contribution in [2.24, 2.45) is 0 Å². The molecule has 6 nitrogen and oxygen atoms in total. The van der Waals surface area contributed by atoms with Gasteiger partial charge in [-0.1, -0.05) is 23.4 Å². The first-order valence-corrected chi connectivity index (χ1v) is 7.30. The lowest BCUT2D eigenvalue weighted by molar-refractivity contribution is -0.121. The highest BCUT2D eigenvalue weighted by molar-refractivity contribution is 7.98. The van der Waals surface area contributed by atoms with Crippen molar-refractivity contribution in [3.05, 3.63) is 42.0 Å². The number of carbonyl (C=O) groups excluding carboxylic acids is 1. The maximum Gasteiger partial charge on any atom is 0.245 e. The van der Waals surface area contributed by atoms with Crippen LogP contribution in [0.4, 0.5) is 0 Å². The highest BCUT2D eigenvalue weighted by atomic mass is 32.2. The molecule has 0 aliphatic carbocycles. The molecule has 7 heteroatoms. The number of benzene rings is 1. The average Bonchev–Trinajstić information content (AvgIpc) is 2.96. The van der Waals surface area contributed by atoms with Crippen LogP contribution in [0.3, 0.4) is 0 Å². The van der Waals surface area contributed by atoms with Crippen LogP contribution in [-0.2, 0) is 10.5 Å². The zero-order valence-electron chi connectivity index (χ0n) is 10.7. The van der Waals surface area contributed by atoms with E-state index in [1.165, 1.54) is 4.90 Å². The molecule has 0 spiro atoms. The molecule has 0 bridgehead atoms. The van der Waals surface area contributed by atoms with Gasteiger partial charge in [-0.05, 0) is 12.1 Å². The fourth-order valence-electron chi connectivity index (χ4n) is 1.87. The van der Waals surface area contributed by atoms with Crippen LogP contribution in [0.2, 0.25) is 0 Å². The Balaban J connectivity index is 1.58. The number of rotatable bonds is 4. The van der Waals surface area contributed by atoms with Gasteiger partial charge < -0.3 is 9.84 Å². The Morgan fingerprint density at radius 2 is 2.20 bits per heavy atom. The minimum absolute atomic E-state index is 0.0133. The molecular weight excluding hydrogens is 276 g/mol. The van der Waals surface area contributed by atoms with Gasteiger partial charge in [-0.2, -0.15) is 4.98 Å². The van der Waals surface area contributed by atoms with Crippen LogP contribution in [0.15, 0.2) is 39.8 Å². The minimum Gasteiger partial charge on any atom is -0.353 e. The van der Waals surface area contributed by atoms with Crippen LogP contribution < -0.4 is 10.6 Å². The number of carbonyl (C=O) groups is 1. The molecule has 20 heavy (non-hydrogen) atoms. The summed E-state index contributed by atoms with van der Waals surface area (Å²) in [5.74, 6) is 1.83. The molecule has 1 atom stereocenters. The lowest BCUT2D eigenvalue weighted by Gasteiger charge is -2.20. The number of nitrogens with one attached hydrogen (secondary N) is 2. The summed E-state index contributed by atoms with van der Waals surface area (Å²) >= 11 is 1.66. The van der Waals surface area contributed by atoms with Crippen molar-refractivity contribution in [3.8, 4) is 0 Å². The molecule has 0 saturated carbocycles. The first-order valence-electron chi connectivity index (χ1n) is 6.31. The number of aromatic nitrogens is 2. The Hall–Kier alpha value is -1.86. The van der Waals surface area contributed by atoms with E-state index in [0.29, 0.717) is 24.0 Å². The molecule has 1 aliphatic rings. The second-order valence-electron chi connectivity index (χ2n) is 4.39. The first-order chi connectivity index (χ1) is 9.81. The molecule has 1 amide bonds.